The molecule has 0 aromatic heterocycles. The molecule has 134 valence electrons. The minimum Gasteiger partial charge on any atom is -0.457 e. The van der Waals surface area contributed by atoms with Crippen LogP contribution in [0.3, 0.4) is 0 Å². The maximum absolute atomic E-state index is 6.04. The van der Waals surface area contributed by atoms with E-state index in [1.54, 1.807) is 12.1 Å². The Balaban J connectivity index is 1.51. The van der Waals surface area contributed by atoms with Gasteiger partial charge < -0.3 is 14.5 Å². The summed E-state index contributed by atoms with van der Waals surface area (Å²) in [5.41, 5.74) is 1.30. The van der Waals surface area contributed by atoms with Crippen LogP contribution in [0, 0.1) is 0 Å². The smallest absolute Gasteiger partial charge is 0.129 e. The molecule has 3 nitrogen and oxygen atoms in total. The van der Waals surface area contributed by atoms with Crippen molar-refractivity contribution in [2.24, 2.45) is 0 Å². The van der Waals surface area contributed by atoms with Crippen molar-refractivity contribution >= 4 is 23.2 Å². The fourth-order valence-corrected chi connectivity index (χ4v) is 3.31. The number of benzene rings is 2. The summed E-state index contributed by atoms with van der Waals surface area (Å²) in [6.45, 7) is 5.86. The van der Waals surface area contributed by atoms with Crippen molar-refractivity contribution in [2.45, 2.75) is 12.8 Å². The van der Waals surface area contributed by atoms with Crippen LogP contribution in [-0.2, 0) is 6.42 Å². The molecule has 1 heterocycles. The van der Waals surface area contributed by atoms with Crippen LogP contribution in [0.2, 0.25) is 10.0 Å². The third-order valence-electron chi connectivity index (χ3n) is 4.56. The fourth-order valence-electron chi connectivity index (χ4n) is 3.02. The highest BCUT2D eigenvalue weighted by molar-refractivity contribution is 6.42. The Kier molecular flexibility index (Phi) is 6.60. The number of hydrogen-bond donors (Lipinski definition) is 0. The topological polar surface area (TPSA) is 15.7 Å². The Morgan fingerprint density at radius 1 is 0.920 bits per heavy atom. The highest BCUT2D eigenvalue weighted by Crippen LogP contribution is 2.29. The van der Waals surface area contributed by atoms with Crippen LogP contribution < -0.4 is 4.74 Å². The third-order valence-corrected chi connectivity index (χ3v) is 5.30. The van der Waals surface area contributed by atoms with E-state index in [0.717, 1.165) is 18.7 Å². The molecule has 2 aromatic rings. The molecule has 0 aliphatic carbocycles. The molecule has 5 heteroatoms. The molecular formula is C20H24Cl2N2O. The van der Waals surface area contributed by atoms with Crippen molar-refractivity contribution in [3.05, 3.63) is 58.1 Å². The number of aryl methyl sites for hydroxylation is 1. The largest absolute Gasteiger partial charge is 0.457 e. The molecule has 3 rings (SSSR count). The van der Waals surface area contributed by atoms with Crippen molar-refractivity contribution < 1.29 is 4.74 Å². The summed E-state index contributed by atoms with van der Waals surface area (Å²) in [6.07, 6.45) is 2.23. The number of halogens is 2. The summed E-state index contributed by atoms with van der Waals surface area (Å²) >= 11 is 12.0. The predicted octanol–water partition coefficient (Wildman–Crippen LogP) is 4.97. The van der Waals surface area contributed by atoms with Gasteiger partial charge in [0, 0.05) is 32.2 Å². The SMILES string of the molecule is CN1CCN(CCCc2cccc(Oc3ccc(Cl)c(Cl)c3)c2)CC1. The summed E-state index contributed by atoms with van der Waals surface area (Å²) in [4.78, 5) is 4.94. The zero-order valence-electron chi connectivity index (χ0n) is 14.5. The molecule has 1 aliphatic heterocycles. The molecular weight excluding hydrogens is 355 g/mol. The molecule has 1 fully saturated rings. The van der Waals surface area contributed by atoms with Crippen LogP contribution in [0.5, 0.6) is 11.5 Å². The van der Waals surface area contributed by atoms with Crippen molar-refractivity contribution in [3.63, 3.8) is 0 Å². The van der Waals surface area contributed by atoms with Gasteiger partial charge in [0.05, 0.1) is 10.0 Å². The monoisotopic (exact) mass is 378 g/mol. The Hall–Kier alpha value is -1.26. The van der Waals surface area contributed by atoms with E-state index in [2.05, 4.69) is 29.0 Å². The first-order valence-electron chi connectivity index (χ1n) is 8.73. The maximum atomic E-state index is 6.04. The van der Waals surface area contributed by atoms with Crippen LogP contribution in [-0.4, -0.2) is 49.6 Å². The minimum atomic E-state index is 0.502. The zero-order valence-corrected chi connectivity index (χ0v) is 16.1. The molecule has 0 atom stereocenters. The summed E-state index contributed by atoms with van der Waals surface area (Å²) < 4.78 is 5.90. The molecule has 0 amide bonds. The first-order chi connectivity index (χ1) is 12.1. The van der Waals surface area contributed by atoms with Crippen molar-refractivity contribution in [2.75, 3.05) is 39.8 Å². The molecule has 0 spiro atoms. The summed E-state index contributed by atoms with van der Waals surface area (Å²) in [6, 6.07) is 13.6. The number of ether oxygens (including phenoxy) is 1. The molecule has 25 heavy (non-hydrogen) atoms. The molecule has 0 unspecified atom stereocenters. The van der Waals surface area contributed by atoms with Gasteiger partial charge in [-0.25, -0.2) is 0 Å². The zero-order chi connectivity index (χ0) is 17.6. The van der Waals surface area contributed by atoms with E-state index in [0.29, 0.717) is 15.8 Å². The average molecular weight is 379 g/mol. The lowest BCUT2D eigenvalue weighted by Gasteiger charge is -2.32. The normalized spacial score (nSPS) is 16.1. The number of likely N-dealkylation sites (N-methyl/N-ethyl adjacent to an activating group) is 1. The second-order valence-corrected chi connectivity index (χ2v) is 7.39. The summed E-state index contributed by atoms with van der Waals surface area (Å²) in [7, 11) is 2.19. The summed E-state index contributed by atoms with van der Waals surface area (Å²) in [5, 5.41) is 1.04. The van der Waals surface area contributed by atoms with Gasteiger partial charge in [0.15, 0.2) is 0 Å². The highest BCUT2D eigenvalue weighted by atomic mass is 35.5. The van der Waals surface area contributed by atoms with Gasteiger partial charge in [0.25, 0.3) is 0 Å². The fraction of sp³-hybridized carbons (Fsp3) is 0.400. The van der Waals surface area contributed by atoms with Crippen LogP contribution in [0.4, 0.5) is 0 Å². The first kappa shape index (κ1) is 18.5. The molecule has 0 radical (unpaired) electrons. The third kappa shape index (κ3) is 5.61. The van der Waals surface area contributed by atoms with Crippen LogP contribution in [0.1, 0.15) is 12.0 Å². The van der Waals surface area contributed by atoms with Gasteiger partial charge in [-0.15, -0.1) is 0 Å². The lowest BCUT2D eigenvalue weighted by atomic mass is 10.1. The Morgan fingerprint density at radius 3 is 2.44 bits per heavy atom. The van der Waals surface area contributed by atoms with Crippen molar-refractivity contribution in [1.29, 1.82) is 0 Å². The average Bonchev–Trinajstić information content (AvgIpc) is 2.60. The molecule has 2 aromatic carbocycles. The number of nitrogens with zero attached hydrogens (tertiary/aromatic N) is 2. The van der Waals surface area contributed by atoms with Gasteiger partial charge in [0.1, 0.15) is 11.5 Å². The van der Waals surface area contributed by atoms with Gasteiger partial charge in [-0.2, -0.15) is 0 Å². The van der Waals surface area contributed by atoms with Gasteiger partial charge in [-0.05, 0) is 56.3 Å². The van der Waals surface area contributed by atoms with Crippen LogP contribution in [0.15, 0.2) is 42.5 Å². The highest BCUT2D eigenvalue weighted by Gasteiger charge is 2.12. The number of piperazine rings is 1. The molecule has 1 saturated heterocycles. The van der Waals surface area contributed by atoms with E-state index in [9.17, 15) is 0 Å². The Labute approximate surface area is 160 Å². The lowest BCUT2D eigenvalue weighted by Crippen LogP contribution is -2.44. The van der Waals surface area contributed by atoms with Gasteiger partial charge >= 0.3 is 0 Å². The molecule has 0 bridgehead atoms. The minimum absolute atomic E-state index is 0.502. The van der Waals surface area contributed by atoms with Crippen molar-refractivity contribution in [1.82, 2.24) is 9.80 Å². The van der Waals surface area contributed by atoms with E-state index in [1.807, 2.05) is 18.2 Å². The van der Waals surface area contributed by atoms with E-state index in [1.165, 1.54) is 38.2 Å². The standard InChI is InChI=1S/C20H24Cl2N2O/c1-23-10-12-24(13-11-23)9-3-5-16-4-2-6-17(14-16)25-18-7-8-19(21)20(22)15-18/h2,4,6-8,14-15H,3,5,9-13H2,1H3. The predicted molar refractivity (Wildman–Crippen MR) is 105 cm³/mol. The lowest BCUT2D eigenvalue weighted by molar-refractivity contribution is 0.153. The second kappa shape index (κ2) is 8.91. The quantitative estimate of drug-likeness (QED) is 0.705. The van der Waals surface area contributed by atoms with Gasteiger partial charge in [-0.1, -0.05) is 35.3 Å². The van der Waals surface area contributed by atoms with Crippen LogP contribution in [0.25, 0.3) is 0 Å². The molecule has 0 N–H and O–H groups in total. The molecule has 0 saturated carbocycles. The van der Waals surface area contributed by atoms with E-state index < -0.39 is 0 Å². The summed E-state index contributed by atoms with van der Waals surface area (Å²) in [5.74, 6) is 1.53. The number of rotatable bonds is 6. The second-order valence-electron chi connectivity index (χ2n) is 6.57. The molecule has 1 aliphatic rings. The van der Waals surface area contributed by atoms with Gasteiger partial charge in [-0.3, -0.25) is 0 Å². The Morgan fingerprint density at radius 2 is 1.68 bits per heavy atom. The Bertz CT molecular complexity index is 700. The van der Waals surface area contributed by atoms with E-state index >= 15 is 0 Å². The number of hydrogen-bond acceptors (Lipinski definition) is 3. The van der Waals surface area contributed by atoms with E-state index in [4.69, 9.17) is 27.9 Å². The first-order valence-corrected chi connectivity index (χ1v) is 9.48. The van der Waals surface area contributed by atoms with Crippen molar-refractivity contribution in [3.8, 4) is 11.5 Å². The van der Waals surface area contributed by atoms with E-state index in [-0.39, 0.29) is 0 Å². The van der Waals surface area contributed by atoms with Gasteiger partial charge in [0.2, 0.25) is 0 Å². The van der Waals surface area contributed by atoms with Crippen LogP contribution >= 0.6 is 23.2 Å². The maximum Gasteiger partial charge on any atom is 0.129 e.